The number of thiophene rings is 1. The maximum Gasteiger partial charge on any atom is 0.255 e. The molecule has 2 heterocycles. The minimum Gasteiger partial charge on any atom is -0.495 e. The van der Waals surface area contributed by atoms with Crippen LogP contribution in [-0.2, 0) is 6.54 Å². The number of amides is 1. The van der Waals surface area contributed by atoms with Crippen molar-refractivity contribution in [3.05, 3.63) is 81.2 Å². The van der Waals surface area contributed by atoms with E-state index in [0.717, 1.165) is 17.7 Å². The average molecular weight is 425 g/mol. The predicted octanol–water partition coefficient (Wildman–Crippen LogP) is 5.01. The third-order valence-corrected chi connectivity index (χ3v) is 5.30. The molecular weight excluding hydrogens is 408 g/mol. The fourth-order valence-corrected chi connectivity index (χ4v) is 3.75. The second-order valence-corrected chi connectivity index (χ2v) is 7.28. The van der Waals surface area contributed by atoms with Crippen LogP contribution in [0.3, 0.4) is 0 Å². The number of hydrogen-bond acceptors (Lipinski definition) is 4. The molecule has 0 unspecified atom stereocenters. The van der Waals surface area contributed by atoms with Crippen LogP contribution in [0.4, 0.5) is 8.78 Å². The van der Waals surface area contributed by atoms with Gasteiger partial charge in [0.05, 0.1) is 29.3 Å². The maximum absolute atomic E-state index is 13.4. The van der Waals surface area contributed by atoms with Crippen molar-refractivity contribution < 1.29 is 18.3 Å². The van der Waals surface area contributed by atoms with Gasteiger partial charge in [0.2, 0.25) is 0 Å². The fraction of sp³-hybridized carbons (Fsp3) is 0.0909. The zero-order valence-electron chi connectivity index (χ0n) is 15.9. The van der Waals surface area contributed by atoms with Crippen molar-refractivity contribution in [2.45, 2.75) is 6.54 Å². The topological polar surface area (TPSA) is 67.0 Å². The lowest BCUT2D eigenvalue weighted by molar-refractivity contribution is 0.0948. The molecule has 2 aromatic heterocycles. The summed E-state index contributed by atoms with van der Waals surface area (Å²) in [4.78, 5) is 12.7. The molecule has 0 aliphatic heterocycles. The van der Waals surface area contributed by atoms with Crippen molar-refractivity contribution in [3.63, 3.8) is 0 Å². The van der Waals surface area contributed by atoms with Gasteiger partial charge < -0.3 is 10.1 Å². The predicted molar refractivity (Wildman–Crippen MR) is 113 cm³/mol. The first-order valence-electron chi connectivity index (χ1n) is 9.04. The summed E-state index contributed by atoms with van der Waals surface area (Å²) in [5.74, 6) is -1.71. The number of carbonyl (C=O) groups excluding carboxylic acids is 1. The lowest BCUT2D eigenvalue weighted by Gasteiger charge is -2.10. The first kappa shape index (κ1) is 19.8. The molecule has 30 heavy (non-hydrogen) atoms. The van der Waals surface area contributed by atoms with Gasteiger partial charge in [-0.05, 0) is 58.3 Å². The minimum atomic E-state index is -0.922. The van der Waals surface area contributed by atoms with Crippen LogP contribution < -0.4 is 10.1 Å². The van der Waals surface area contributed by atoms with Crippen molar-refractivity contribution in [3.8, 4) is 5.75 Å². The molecule has 0 radical (unpaired) electrons. The lowest BCUT2D eigenvalue weighted by atomic mass is 10.1. The SMILES string of the molecule is COc1c(C(=O)NCc2ccsc2)ccc2n[nH]c(/C=C/c3ccc(F)c(F)c3)c12. The Morgan fingerprint density at radius 2 is 2.07 bits per heavy atom. The molecule has 8 heteroatoms. The molecule has 0 fully saturated rings. The smallest absolute Gasteiger partial charge is 0.255 e. The van der Waals surface area contributed by atoms with E-state index >= 15 is 0 Å². The Morgan fingerprint density at radius 1 is 1.20 bits per heavy atom. The van der Waals surface area contributed by atoms with E-state index in [-0.39, 0.29) is 5.91 Å². The largest absolute Gasteiger partial charge is 0.495 e. The second kappa shape index (κ2) is 8.46. The summed E-state index contributed by atoms with van der Waals surface area (Å²) in [5.41, 5.74) is 3.08. The highest BCUT2D eigenvalue weighted by Gasteiger charge is 2.18. The lowest BCUT2D eigenvalue weighted by Crippen LogP contribution is -2.23. The molecule has 0 spiro atoms. The molecule has 152 valence electrons. The van der Waals surface area contributed by atoms with Gasteiger partial charge in [0.1, 0.15) is 5.75 Å². The van der Waals surface area contributed by atoms with E-state index in [1.807, 2.05) is 16.8 Å². The van der Waals surface area contributed by atoms with E-state index < -0.39 is 11.6 Å². The van der Waals surface area contributed by atoms with E-state index in [1.165, 1.54) is 13.2 Å². The van der Waals surface area contributed by atoms with Gasteiger partial charge >= 0.3 is 0 Å². The number of aromatic amines is 1. The molecule has 1 amide bonds. The second-order valence-electron chi connectivity index (χ2n) is 6.50. The van der Waals surface area contributed by atoms with Crippen molar-refractivity contribution in [1.82, 2.24) is 15.5 Å². The summed E-state index contributed by atoms with van der Waals surface area (Å²) >= 11 is 1.56. The van der Waals surface area contributed by atoms with Crippen molar-refractivity contribution >= 4 is 40.3 Å². The standard InChI is InChI=1S/C22H17F2N3O2S/c1-29-21-15(22(28)25-11-14-8-9-30-12-14)4-7-19-20(21)18(26-27-19)6-3-13-2-5-16(23)17(24)10-13/h2-10,12H,11H2,1H3,(H,25,28)(H,26,27)/b6-3+. The first-order valence-corrected chi connectivity index (χ1v) is 9.98. The highest BCUT2D eigenvalue weighted by Crippen LogP contribution is 2.32. The average Bonchev–Trinajstić information content (AvgIpc) is 3.42. The summed E-state index contributed by atoms with van der Waals surface area (Å²) < 4.78 is 32.1. The maximum atomic E-state index is 13.4. The molecule has 0 bridgehead atoms. The van der Waals surface area contributed by atoms with Crippen LogP contribution >= 0.6 is 11.3 Å². The van der Waals surface area contributed by atoms with Crippen LogP contribution in [0, 0.1) is 11.6 Å². The van der Waals surface area contributed by atoms with Crippen LogP contribution in [-0.4, -0.2) is 23.2 Å². The zero-order valence-corrected chi connectivity index (χ0v) is 16.7. The highest BCUT2D eigenvalue weighted by atomic mass is 32.1. The van der Waals surface area contributed by atoms with Crippen molar-refractivity contribution in [2.24, 2.45) is 0 Å². The summed E-state index contributed by atoms with van der Waals surface area (Å²) in [7, 11) is 1.49. The van der Waals surface area contributed by atoms with Crippen LogP contribution in [0.2, 0.25) is 0 Å². The Hall–Kier alpha value is -3.52. The van der Waals surface area contributed by atoms with E-state index in [2.05, 4.69) is 15.5 Å². The van der Waals surface area contributed by atoms with Crippen LogP contribution in [0.25, 0.3) is 23.1 Å². The monoisotopic (exact) mass is 425 g/mol. The third-order valence-electron chi connectivity index (χ3n) is 4.57. The first-order chi connectivity index (χ1) is 14.6. The number of benzene rings is 2. The molecule has 2 N–H and O–H groups in total. The van der Waals surface area contributed by atoms with Crippen LogP contribution in [0.15, 0.2) is 47.2 Å². The number of methoxy groups -OCH3 is 1. The molecule has 0 atom stereocenters. The summed E-state index contributed by atoms with van der Waals surface area (Å²) in [6, 6.07) is 8.97. The van der Waals surface area contributed by atoms with Gasteiger partial charge in [-0.25, -0.2) is 8.78 Å². The van der Waals surface area contributed by atoms with Gasteiger partial charge in [0, 0.05) is 6.54 Å². The Labute approximate surface area is 175 Å². The van der Waals surface area contributed by atoms with E-state index in [0.29, 0.717) is 40.0 Å². The van der Waals surface area contributed by atoms with Gasteiger partial charge in [0.25, 0.3) is 5.91 Å². The molecule has 5 nitrogen and oxygen atoms in total. The molecule has 0 saturated heterocycles. The number of carbonyl (C=O) groups is 1. The summed E-state index contributed by atoms with van der Waals surface area (Å²) in [6.07, 6.45) is 3.30. The number of halogens is 2. The number of fused-ring (bicyclic) bond motifs is 1. The summed E-state index contributed by atoms with van der Waals surface area (Å²) in [6.45, 7) is 0.414. The molecule has 0 aliphatic rings. The van der Waals surface area contributed by atoms with Crippen molar-refractivity contribution in [1.29, 1.82) is 0 Å². The number of H-pyrrole nitrogens is 1. The summed E-state index contributed by atoms with van der Waals surface area (Å²) in [5, 5.41) is 14.6. The minimum absolute atomic E-state index is 0.267. The van der Waals surface area contributed by atoms with Gasteiger partial charge in [-0.15, -0.1) is 0 Å². The number of nitrogens with zero attached hydrogens (tertiary/aromatic N) is 1. The third kappa shape index (κ3) is 3.95. The Balaban J connectivity index is 1.66. The van der Waals surface area contributed by atoms with Crippen LogP contribution in [0.1, 0.15) is 27.2 Å². The quantitative estimate of drug-likeness (QED) is 0.456. The molecule has 4 aromatic rings. The van der Waals surface area contributed by atoms with Gasteiger partial charge in [0.15, 0.2) is 11.6 Å². The molecule has 2 aromatic carbocycles. The number of hydrogen-bond donors (Lipinski definition) is 2. The van der Waals surface area contributed by atoms with Gasteiger partial charge in [-0.1, -0.05) is 12.1 Å². The van der Waals surface area contributed by atoms with E-state index in [9.17, 15) is 13.6 Å². The molecule has 4 rings (SSSR count). The normalized spacial score (nSPS) is 11.3. The Bertz CT molecular complexity index is 1230. The van der Waals surface area contributed by atoms with Crippen LogP contribution in [0.5, 0.6) is 5.75 Å². The van der Waals surface area contributed by atoms with Gasteiger partial charge in [-0.3, -0.25) is 9.89 Å². The molecule has 0 aliphatic carbocycles. The number of nitrogens with one attached hydrogen (secondary N) is 2. The number of ether oxygens (including phenoxy) is 1. The molecule has 0 saturated carbocycles. The van der Waals surface area contributed by atoms with E-state index in [4.69, 9.17) is 4.74 Å². The molecular formula is C22H17F2N3O2S. The Morgan fingerprint density at radius 3 is 2.80 bits per heavy atom. The number of aromatic nitrogens is 2. The van der Waals surface area contributed by atoms with Crippen molar-refractivity contribution in [2.75, 3.05) is 7.11 Å². The van der Waals surface area contributed by atoms with Gasteiger partial charge in [-0.2, -0.15) is 16.4 Å². The van der Waals surface area contributed by atoms with E-state index in [1.54, 1.807) is 35.6 Å². The zero-order chi connectivity index (χ0) is 21.1. The Kier molecular flexibility index (Phi) is 5.58. The fourth-order valence-electron chi connectivity index (χ4n) is 3.08. The number of rotatable bonds is 6. The highest BCUT2D eigenvalue weighted by molar-refractivity contribution is 7.07.